The fraction of sp³-hybridized carbons (Fsp3) is 0.538. The Morgan fingerprint density at radius 3 is 2.33 bits per heavy atom. The Labute approximate surface area is 109 Å². The summed E-state index contributed by atoms with van der Waals surface area (Å²) in [6, 6.07) is 7.15. The quantitative estimate of drug-likeness (QED) is 0.858. The molecule has 0 bridgehead atoms. The van der Waals surface area contributed by atoms with E-state index in [4.69, 9.17) is 0 Å². The van der Waals surface area contributed by atoms with Crippen molar-refractivity contribution in [1.29, 1.82) is 0 Å². The van der Waals surface area contributed by atoms with Crippen LogP contribution >= 0.6 is 0 Å². The van der Waals surface area contributed by atoms with Gasteiger partial charge in [0.15, 0.2) is 0 Å². The molecule has 0 spiro atoms. The molecule has 18 heavy (non-hydrogen) atoms. The van der Waals surface area contributed by atoms with Crippen LogP contribution in [0.3, 0.4) is 0 Å². The summed E-state index contributed by atoms with van der Waals surface area (Å²) in [5.41, 5.74) is 1.45. The van der Waals surface area contributed by atoms with E-state index in [-0.39, 0.29) is 6.04 Å². The molecule has 100 valence electrons. The van der Waals surface area contributed by atoms with E-state index in [1.807, 2.05) is 19.1 Å². The number of para-hydroxylation sites is 1. The standard InChI is InChI=1S/C13H19NO3S/c1-11-7-5-6-10-13(11)14(18(15,16)17)12-8-3-2-4-9-12/h5-7,10,12H,2-4,8-9H2,1H3,(H,15,16,17). The molecule has 5 heteroatoms. The Hall–Kier alpha value is -1.07. The maximum Gasteiger partial charge on any atom is 0.360 e. The molecule has 0 radical (unpaired) electrons. The second-order valence-electron chi connectivity index (χ2n) is 4.85. The lowest BCUT2D eigenvalue weighted by molar-refractivity contribution is 0.415. The highest BCUT2D eigenvalue weighted by Crippen LogP contribution is 2.31. The molecule has 0 aliphatic heterocycles. The molecule has 0 heterocycles. The summed E-state index contributed by atoms with van der Waals surface area (Å²) in [6.45, 7) is 1.86. The summed E-state index contributed by atoms with van der Waals surface area (Å²) in [4.78, 5) is 0. The lowest BCUT2D eigenvalue weighted by Crippen LogP contribution is -2.41. The summed E-state index contributed by atoms with van der Waals surface area (Å²) < 4.78 is 34.0. The van der Waals surface area contributed by atoms with Crippen LogP contribution in [0.5, 0.6) is 0 Å². The van der Waals surface area contributed by atoms with Gasteiger partial charge < -0.3 is 0 Å². The molecule has 1 N–H and O–H groups in total. The van der Waals surface area contributed by atoms with Crippen LogP contribution in [0.1, 0.15) is 37.7 Å². The summed E-state index contributed by atoms with van der Waals surface area (Å²) >= 11 is 0. The maximum atomic E-state index is 11.7. The van der Waals surface area contributed by atoms with Crippen molar-refractivity contribution in [3.8, 4) is 0 Å². The number of nitrogens with zero attached hydrogens (tertiary/aromatic N) is 1. The predicted molar refractivity (Wildman–Crippen MR) is 72.1 cm³/mol. The van der Waals surface area contributed by atoms with Crippen molar-refractivity contribution in [3.63, 3.8) is 0 Å². The van der Waals surface area contributed by atoms with Gasteiger partial charge in [-0.25, -0.2) is 4.31 Å². The lowest BCUT2D eigenvalue weighted by Gasteiger charge is -2.33. The van der Waals surface area contributed by atoms with Gasteiger partial charge in [0.1, 0.15) is 0 Å². The molecule has 1 aliphatic rings. The first-order valence-electron chi connectivity index (χ1n) is 6.32. The molecule has 4 nitrogen and oxygen atoms in total. The predicted octanol–water partition coefficient (Wildman–Crippen LogP) is 2.94. The molecule has 0 unspecified atom stereocenters. The number of aryl methyl sites for hydroxylation is 1. The van der Waals surface area contributed by atoms with Gasteiger partial charge in [-0.2, -0.15) is 8.42 Å². The van der Waals surface area contributed by atoms with Gasteiger partial charge in [-0.05, 0) is 31.4 Å². The molecule has 1 saturated carbocycles. The van der Waals surface area contributed by atoms with Gasteiger partial charge in [-0.3, -0.25) is 4.55 Å². The van der Waals surface area contributed by atoms with E-state index in [9.17, 15) is 13.0 Å². The van der Waals surface area contributed by atoms with E-state index in [1.54, 1.807) is 12.1 Å². The van der Waals surface area contributed by atoms with Crippen LogP contribution in [0.4, 0.5) is 5.69 Å². The van der Waals surface area contributed by atoms with Gasteiger partial charge in [0, 0.05) is 6.04 Å². The van der Waals surface area contributed by atoms with E-state index in [2.05, 4.69) is 0 Å². The summed E-state index contributed by atoms with van der Waals surface area (Å²) in [6.07, 6.45) is 4.80. The normalized spacial score (nSPS) is 17.7. The molecule has 1 aromatic rings. The first-order chi connectivity index (χ1) is 8.50. The average molecular weight is 269 g/mol. The number of hydrogen-bond donors (Lipinski definition) is 1. The van der Waals surface area contributed by atoms with Gasteiger partial charge >= 0.3 is 10.3 Å². The zero-order valence-electron chi connectivity index (χ0n) is 10.5. The monoisotopic (exact) mass is 269 g/mol. The molecule has 0 aromatic heterocycles. The van der Waals surface area contributed by atoms with Crippen LogP contribution < -0.4 is 4.31 Å². The van der Waals surface area contributed by atoms with Crippen molar-refractivity contribution in [2.24, 2.45) is 0 Å². The van der Waals surface area contributed by atoms with Crippen LogP contribution in [0.2, 0.25) is 0 Å². The molecule has 0 atom stereocenters. The van der Waals surface area contributed by atoms with Crippen molar-refractivity contribution in [1.82, 2.24) is 0 Å². The Kier molecular flexibility index (Phi) is 3.92. The minimum absolute atomic E-state index is 0.116. The molecule has 0 saturated heterocycles. The molecule has 1 aliphatic carbocycles. The topological polar surface area (TPSA) is 57.6 Å². The Bertz CT molecular complexity index is 507. The Morgan fingerprint density at radius 2 is 1.78 bits per heavy atom. The third-order valence-electron chi connectivity index (χ3n) is 3.51. The van der Waals surface area contributed by atoms with E-state index < -0.39 is 10.3 Å². The second-order valence-corrected chi connectivity index (χ2v) is 6.14. The van der Waals surface area contributed by atoms with Gasteiger partial charge in [-0.1, -0.05) is 37.5 Å². The Morgan fingerprint density at radius 1 is 1.17 bits per heavy atom. The van der Waals surface area contributed by atoms with E-state index in [0.29, 0.717) is 5.69 Å². The molecular formula is C13H19NO3S. The minimum Gasteiger partial charge on any atom is -0.269 e. The number of rotatable bonds is 3. The van der Waals surface area contributed by atoms with Crippen LogP contribution in [0.25, 0.3) is 0 Å². The first kappa shape index (κ1) is 13.4. The fourth-order valence-corrected chi connectivity index (χ4v) is 3.68. The second kappa shape index (κ2) is 5.28. The van der Waals surface area contributed by atoms with Crippen molar-refractivity contribution in [2.75, 3.05) is 4.31 Å². The SMILES string of the molecule is Cc1ccccc1N(C1CCCCC1)S(=O)(=O)O. The third-order valence-corrected chi connectivity index (χ3v) is 4.50. The van der Waals surface area contributed by atoms with Crippen LogP contribution in [0.15, 0.2) is 24.3 Å². The van der Waals surface area contributed by atoms with Gasteiger partial charge in [0.05, 0.1) is 5.69 Å². The van der Waals surface area contributed by atoms with Crippen LogP contribution in [-0.4, -0.2) is 19.0 Å². The highest BCUT2D eigenvalue weighted by atomic mass is 32.2. The van der Waals surface area contributed by atoms with Crippen molar-refractivity contribution in [2.45, 2.75) is 45.1 Å². The zero-order chi connectivity index (χ0) is 13.2. The first-order valence-corrected chi connectivity index (χ1v) is 7.72. The number of benzene rings is 1. The molecule has 0 amide bonds. The highest BCUT2D eigenvalue weighted by molar-refractivity contribution is 7.87. The van der Waals surface area contributed by atoms with Crippen molar-refractivity contribution in [3.05, 3.63) is 29.8 Å². The van der Waals surface area contributed by atoms with E-state index in [1.165, 1.54) is 4.31 Å². The fourth-order valence-electron chi connectivity index (χ4n) is 2.64. The zero-order valence-corrected chi connectivity index (χ0v) is 11.4. The smallest absolute Gasteiger partial charge is 0.269 e. The number of hydrogen-bond acceptors (Lipinski definition) is 2. The van der Waals surface area contributed by atoms with E-state index >= 15 is 0 Å². The van der Waals surface area contributed by atoms with Gasteiger partial charge in [-0.15, -0.1) is 0 Å². The summed E-state index contributed by atoms with van der Waals surface area (Å²) in [5, 5.41) is 0. The largest absolute Gasteiger partial charge is 0.360 e. The average Bonchev–Trinajstić information content (AvgIpc) is 2.32. The Balaban J connectivity index is 2.40. The third kappa shape index (κ3) is 2.84. The molecule has 1 aromatic carbocycles. The van der Waals surface area contributed by atoms with Crippen molar-refractivity contribution < 1.29 is 13.0 Å². The maximum absolute atomic E-state index is 11.7. The molecule has 2 rings (SSSR count). The molecular weight excluding hydrogens is 250 g/mol. The lowest BCUT2D eigenvalue weighted by atomic mass is 9.95. The number of anilines is 1. The van der Waals surface area contributed by atoms with Crippen LogP contribution in [-0.2, 0) is 10.3 Å². The summed E-state index contributed by atoms with van der Waals surface area (Å²) in [5.74, 6) is 0. The van der Waals surface area contributed by atoms with Gasteiger partial charge in [0.2, 0.25) is 0 Å². The van der Waals surface area contributed by atoms with Crippen LogP contribution in [0, 0.1) is 6.92 Å². The van der Waals surface area contributed by atoms with Gasteiger partial charge in [0.25, 0.3) is 0 Å². The van der Waals surface area contributed by atoms with Crippen molar-refractivity contribution >= 4 is 16.0 Å². The highest BCUT2D eigenvalue weighted by Gasteiger charge is 2.30. The minimum atomic E-state index is -4.21. The summed E-state index contributed by atoms with van der Waals surface area (Å²) in [7, 11) is -4.21. The van der Waals surface area contributed by atoms with E-state index in [0.717, 1.165) is 37.7 Å². The molecule has 1 fully saturated rings.